The first-order chi connectivity index (χ1) is 14.0. The molecule has 0 aliphatic rings. The first-order valence-electron chi connectivity index (χ1n) is 9.39. The summed E-state index contributed by atoms with van der Waals surface area (Å²) in [6.45, 7) is 1.94. The molecule has 1 heterocycles. The third-order valence-electron chi connectivity index (χ3n) is 4.53. The average Bonchev–Trinajstić information content (AvgIpc) is 3.09. The summed E-state index contributed by atoms with van der Waals surface area (Å²) in [7, 11) is 3.15. The smallest absolute Gasteiger partial charge is 0.246 e. The zero-order valence-corrected chi connectivity index (χ0v) is 16.8. The summed E-state index contributed by atoms with van der Waals surface area (Å²) in [6, 6.07) is 14.8. The van der Waals surface area contributed by atoms with Gasteiger partial charge in [0.1, 0.15) is 17.1 Å². The predicted octanol–water partition coefficient (Wildman–Crippen LogP) is 4.11. The SMILES string of the molecule is CCc1oc2ccccc2c1C=CC(=O)N(C)CC(=O)Nc1cccc(OC)c1. The van der Waals surface area contributed by atoms with Crippen molar-refractivity contribution in [3.05, 3.63) is 65.9 Å². The van der Waals surface area contributed by atoms with Crippen molar-refractivity contribution in [3.63, 3.8) is 0 Å². The molecule has 1 N–H and O–H groups in total. The summed E-state index contributed by atoms with van der Waals surface area (Å²) >= 11 is 0. The number of furan rings is 1. The van der Waals surface area contributed by atoms with Crippen LogP contribution in [0.15, 0.2) is 59.0 Å². The molecule has 0 atom stereocenters. The zero-order valence-electron chi connectivity index (χ0n) is 16.8. The van der Waals surface area contributed by atoms with Crippen LogP contribution in [-0.4, -0.2) is 37.4 Å². The highest BCUT2D eigenvalue weighted by Crippen LogP contribution is 2.27. The van der Waals surface area contributed by atoms with Crippen molar-refractivity contribution in [3.8, 4) is 5.75 Å². The Labute approximate surface area is 169 Å². The van der Waals surface area contributed by atoms with Crippen LogP contribution in [0, 0.1) is 0 Å². The Balaban J connectivity index is 1.65. The summed E-state index contributed by atoms with van der Waals surface area (Å²) < 4.78 is 11.0. The number of likely N-dealkylation sites (N-methyl/N-ethyl adjacent to an activating group) is 1. The van der Waals surface area contributed by atoms with Crippen LogP contribution < -0.4 is 10.1 Å². The number of nitrogens with zero attached hydrogens (tertiary/aromatic N) is 1. The monoisotopic (exact) mass is 392 g/mol. The first kappa shape index (κ1) is 20.2. The molecule has 2 amide bonds. The van der Waals surface area contributed by atoms with E-state index in [1.54, 1.807) is 44.5 Å². The summed E-state index contributed by atoms with van der Waals surface area (Å²) in [6.07, 6.45) is 3.94. The molecule has 0 saturated heterocycles. The number of para-hydroxylation sites is 1. The highest BCUT2D eigenvalue weighted by molar-refractivity contribution is 5.99. The summed E-state index contributed by atoms with van der Waals surface area (Å²) in [5, 5.41) is 3.73. The molecule has 0 spiro atoms. The number of ether oxygens (including phenoxy) is 1. The molecule has 3 rings (SSSR count). The van der Waals surface area contributed by atoms with Crippen LogP contribution in [-0.2, 0) is 16.0 Å². The van der Waals surface area contributed by atoms with Crippen LogP contribution >= 0.6 is 0 Å². The lowest BCUT2D eigenvalue weighted by molar-refractivity contribution is -0.129. The van der Waals surface area contributed by atoms with Gasteiger partial charge in [-0.05, 0) is 24.3 Å². The van der Waals surface area contributed by atoms with Crippen LogP contribution in [0.2, 0.25) is 0 Å². The number of methoxy groups -OCH3 is 1. The van der Waals surface area contributed by atoms with E-state index < -0.39 is 0 Å². The van der Waals surface area contributed by atoms with Gasteiger partial charge < -0.3 is 19.4 Å². The van der Waals surface area contributed by atoms with Gasteiger partial charge in [0.25, 0.3) is 0 Å². The van der Waals surface area contributed by atoms with Crippen molar-refractivity contribution in [2.45, 2.75) is 13.3 Å². The minimum atomic E-state index is -0.287. The van der Waals surface area contributed by atoms with Crippen LogP contribution in [0.3, 0.4) is 0 Å². The number of carbonyl (C=O) groups excluding carboxylic acids is 2. The zero-order chi connectivity index (χ0) is 20.8. The number of hydrogen-bond donors (Lipinski definition) is 1. The Morgan fingerprint density at radius 2 is 1.97 bits per heavy atom. The van der Waals surface area contributed by atoms with Gasteiger partial charge in [0.2, 0.25) is 11.8 Å². The van der Waals surface area contributed by atoms with Crippen molar-refractivity contribution in [1.82, 2.24) is 4.90 Å². The highest BCUT2D eigenvalue weighted by Gasteiger charge is 2.13. The van der Waals surface area contributed by atoms with Crippen molar-refractivity contribution in [2.24, 2.45) is 0 Å². The minimum absolute atomic E-state index is 0.0623. The number of nitrogens with one attached hydrogen (secondary N) is 1. The van der Waals surface area contributed by atoms with Crippen LogP contribution in [0.25, 0.3) is 17.0 Å². The fourth-order valence-electron chi connectivity index (χ4n) is 3.04. The number of aryl methyl sites for hydroxylation is 1. The van der Waals surface area contributed by atoms with Gasteiger partial charge in [-0.2, -0.15) is 0 Å². The minimum Gasteiger partial charge on any atom is -0.497 e. The number of carbonyl (C=O) groups is 2. The molecule has 1 aromatic heterocycles. The molecular formula is C23H24N2O4. The lowest BCUT2D eigenvalue weighted by Gasteiger charge is -2.15. The standard InChI is InChI=1S/C23H24N2O4/c1-4-20-19(18-10-5-6-11-21(18)29-20)12-13-23(27)25(2)15-22(26)24-16-8-7-9-17(14-16)28-3/h5-14H,4,15H2,1-3H3,(H,24,26). The van der Waals surface area contributed by atoms with Crippen molar-refractivity contribution >= 4 is 34.5 Å². The van der Waals surface area contributed by atoms with Crippen molar-refractivity contribution in [2.75, 3.05) is 26.0 Å². The number of rotatable bonds is 7. The molecule has 3 aromatic rings. The van der Waals surface area contributed by atoms with Crippen LogP contribution in [0.1, 0.15) is 18.2 Å². The molecule has 0 aliphatic heterocycles. The number of amides is 2. The maximum Gasteiger partial charge on any atom is 0.246 e. The van der Waals surface area contributed by atoms with E-state index in [4.69, 9.17) is 9.15 Å². The molecule has 0 aliphatic carbocycles. The van der Waals surface area contributed by atoms with E-state index in [0.29, 0.717) is 11.4 Å². The fourth-order valence-corrected chi connectivity index (χ4v) is 3.04. The summed E-state index contributed by atoms with van der Waals surface area (Å²) in [5.41, 5.74) is 2.30. The van der Waals surface area contributed by atoms with Gasteiger partial charge in [0.05, 0.1) is 13.7 Å². The van der Waals surface area contributed by atoms with Crippen molar-refractivity contribution in [1.29, 1.82) is 0 Å². The van der Waals surface area contributed by atoms with E-state index in [0.717, 1.165) is 28.7 Å². The highest BCUT2D eigenvalue weighted by atomic mass is 16.5. The van der Waals surface area contributed by atoms with Gasteiger partial charge >= 0.3 is 0 Å². The first-order valence-corrected chi connectivity index (χ1v) is 9.39. The maximum atomic E-state index is 12.5. The summed E-state index contributed by atoms with van der Waals surface area (Å²) in [4.78, 5) is 26.1. The maximum absolute atomic E-state index is 12.5. The molecule has 29 heavy (non-hydrogen) atoms. The van der Waals surface area contributed by atoms with E-state index in [9.17, 15) is 9.59 Å². The van der Waals surface area contributed by atoms with Crippen molar-refractivity contribution < 1.29 is 18.7 Å². The van der Waals surface area contributed by atoms with Gasteiger partial charge in [-0.15, -0.1) is 0 Å². The van der Waals surface area contributed by atoms with Gasteiger partial charge in [0.15, 0.2) is 0 Å². The van der Waals surface area contributed by atoms with Crippen LogP contribution in [0.5, 0.6) is 5.75 Å². The molecule has 0 fully saturated rings. The van der Waals surface area contributed by atoms with Gasteiger partial charge in [-0.3, -0.25) is 9.59 Å². The Kier molecular flexibility index (Phi) is 6.34. The Morgan fingerprint density at radius 1 is 1.17 bits per heavy atom. The molecule has 150 valence electrons. The van der Waals surface area contributed by atoms with Gasteiger partial charge in [-0.1, -0.05) is 31.2 Å². The molecule has 6 heteroatoms. The molecule has 0 saturated carbocycles. The van der Waals surface area contributed by atoms with E-state index in [2.05, 4.69) is 5.32 Å². The van der Waals surface area contributed by atoms with Gasteiger partial charge in [0, 0.05) is 42.2 Å². The normalized spacial score (nSPS) is 11.0. The molecular weight excluding hydrogens is 368 g/mol. The van der Waals surface area contributed by atoms with E-state index in [1.165, 1.54) is 11.0 Å². The lowest BCUT2D eigenvalue weighted by Crippen LogP contribution is -2.33. The third-order valence-corrected chi connectivity index (χ3v) is 4.53. The fraction of sp³-hybridized carbons (Fsp3) is 0.217. The Bertz CT molecular complexity index is 1050. The Morgan fingerprint density at radius 3 is 2.72 bits per heavy atom. The largest absolute Gasteiger partial charge is 0.497 e. The molecule has 0 bridgehead atoms. The van der Waals surface area contributed by atoms with E-state index in [-0.39, 0.29) is 18.4 Å². The average molecular weight is 392 g/mol. The topological polar surface area (TPSA) is 71.8 Å². The molecule has 0 unspecified atom stereocenters. The lowest BCUT2D eigenvalue weighted by atomic mass is 10.1. The van der Waals surface area contributed by atoms with Crippen LogP contribution in [0.4, 0.5) is 5.69 Å². The number of hydrogen-bond acceptors (Lipinski definition) is 4. The second kappa shape index (κ2) is 9.10. The number of fused-ring (bicyclic) bond motifs is 1. The van der Waals surface area contributed by atoms with Gasteiger partial charge in [-0.25, -0.2) is 0 Å². The van der Waals surface area contributed by atoms with E-state index in [1.807, 2.05) is 31.2 Å². The molecule has 2 aromatic carbocycles. The third kappa shape index (κ3) is 4.85. The number of anilines is 1. The predicted molar refractivity (Wildman–Crippen MR) is 114 cm³/mol. The molecule has 6 nitrogen and oxygen atoms in total. The Hall–Kier alpha value is -3.54. The van der Waals surface area contributed by atoms with E-state index >= 15 is 0 Å². The number of benzene rings is 2. The quantitative estimate of drug-likeness (QED) is 0.614. The summed E-state index contributed by atoms with van der Waals surface area (Å²) in [5.74, 6) is 0.923. The molecule has 0 radical (unpaired) electrons. The second-order valence-corrected chi connectivity index (χ2v) is 6.60. The second-order valence-electron chi connectivity index (χ2n) is 6.60.